The second-order valence-electron chi connectivity index (χ2n) is 7.19. The molecule has 1 N–H and O–H groups in total. The van der Waals surface area contributed by atoms with Crippen molar-refractivity contribution in [2.45, 2.75) is 94.8 Å². The molecule has 1 heterocycles. The normalized spacial score (nSPS) is 31.7. The number of hydrogen-bond acceptors (Lipinski definition) is 2. The van der Waals surface area contributed by atoms with Crippen molar-refractivity contribution in [3.63, 3.8) is 0 Å². The second-order valence-corrected chi connectivity index (χ2v) is 7.19. The third kappa shape index (κ3) is 3.52. The quantitative estimate of drug-likeness (QED) is 0.782. The van der Waals surface area contributed by atoms with E-state index in [1.807, 2.05) is 0 Å². The van der Waals surface area contributed by atoms with Gasteiger partial charge >= 0.3 is 0 Å². The summed E-state index contributed by atoms with van der Waals surface area (Å²) in [4.78, 5) is 0. The highest BCUT2D eigenvalue weighted by Gasteiger charge is 2.40. The van der Waals surface area contributed by atoms with Crippen LogP contribution in [0.3, 0.4) is 0 Å². The van der Waals surface area contributed by atoms with Crippen molar-refractivity contribution >= 4 is 0 Å². The van der Waals surface area contributed by atoms with Gasteiger partial charge in [-0.1, -0.05) is 19.3 Å². The average molecular weight is 265 g/mol. The van der Waals surface area contributed by atoms with Gasteiger partial charge in [0.05, 0.1) is 11.7 Å². The van der Waals surface area contributed by atoms with E-state index in [-0.39, 0.29) is 0 Å². The molecule has 3 aliphatic rings. The van der Waals surface area contributed by atoms with E-state index in [9.17, 15) is 0 Å². The Kier molecular flexibility index (Phi) is 4.48. The third-order valence-corrected chi connectivity index (χ3v) is 5.71. The molecule has 3 fully saturated rings. The topological polar surface area (TPSA) is 21.3 Å². The van der Waals surface area contributed by atoms with Crippen LogP contribution >= 0.6 is 0 Å². The van der Waals surface area contributed by atoms with E-state index in [4.69, 9.17) is 4.74 Å². The zero-order valence-electron chi connectivity index (χ0n) is 12.6. The summed E-state index contributed by atoms with van der Waals surface area (Å²) in [7, 11) is 2.13. The molecular weight excluding hydrogens is 234 g/mol. The van der Waals surface area contributed by atoms with Crippen molar-refractivity contribution in [3.05, 3.63) is 0 Å². The summed E-state index contributed by atoms with van der Waals surface area (Å²) in [6, 6.07) is 0.782. The van der Waals surface area contributed by atoms with Gasteiger partial charge in [0.2, 0.25) is 0 Å². The Morgan fingerprint density at radius 2 is 1.89 bits per heavy atom. The summed E-state index contributed by atoms with van der Waals surface area (Å²) in [5.41, 5.74) is 0.321. The van der Waals surface area contributed by atoms with Crippen molar-refractivity contribution in [2.24, 2.45) is 5.92 Å². The number of rotatable bonds is 6. The Morgan fingerprint density at radius 1 is 1.11 bits per heavy atom. The minimum atomic E-state index is 0.321. The van der Waals surface area contributed by atoms with Crippen LogP contribution in [0.2, 0.25) is 0 Å². The molecule has 0 bridgehead atoms. The van der Waals surface area contributed by atoms with Gasteiger partial charge in [-0.15, -0.1) is 0 Å². The molecule has 1 saturated heterocycles. The zero-order valence-corrected chi connectivity index (χ0v) is 12.6. The Labute approximate surface area is 118 Å². The van der Waals surface area contributed by atoms with Crippen LogP contribution < -0.4 is 5.32 Å². The fourth-order valence-corrected chi connectivity index (χ4v) is 4.34. The fourth-order valence-electron chi connectivity index (χ4n) is 4.34. The van der Waals surface area contributed by atoms with Crippen molar-refractivity contribution in [2.75, 3.05) is 7.05 Å². The lowest BCUT2D eigenvalue weighted by molar-refractivity contribution is -0.0662. The predicted molar refractivity (Wildman–Crippen MR) is 79.3 cm³/mol. The molecule has 0 amide bonds. The summed E-state index contributed by atoms with van der Waals surface area (Å²) in [6.07, 6.45) is 17.1. The highest BCUT2D eigenvalue weighted by atomic mass is 16.5. The maximum absolute atomic E-state index is 6.46. The molecule has 0 aromatic rings. The molecule has 2 aliphatic carbocycles. The minimum absolute atomic E-state index is 0.321. The van der Waals surface area contributed by atoms with Gasteiger partial charge in [0.15, 0.2) is 0 Å². The molecule has 1 aliphatic heterocycles. The standard InChI is InChI=1S/C17H31NO/c1-18-16(14-8-9-14)7-5-6-15-10-13-17(19-15)11-3-2-4-12-17/h14-16,18H,2-13H2,1H3. The van der Waals surface area contributed by atoms with E-state index in [1.165, 1.54) is 77.0 Å². The summed E-state index contributed by atoms with van der Waals surface area (Å²) in [5, 5.41) is 3.51. The predicted octanol–water partition coefficient (Wildman–Crippen LogP) is 4.04. The van der Waals surface area contributed by atoms with Crippen molar-refractivity contribution in [1.82, 2.24) is 5.32 Å². The van der Waals surface area contributed by atoms with E-state index in [0.717, 1.165) is 12.0 Å². The van der Waals surface area contributed by atoms with E-state index in [2.05, 4.69) is 12.4 Å². The van der Waals surface area contributed by atoms with Gasteiger partial charge in [-0.05, 0) is 70.8 Å². The summed E-state index contributed by atoms with van der Waals surface area (Å²) in [5.74, 6) is 0.985. The van der Waals surface area contributed by atoms with Crippen molar-refractivity contribution in [3.8, 4) is 0 Å². The summed E-state index contributed by atoms with van der Waals surface area (Å²) < 4.78 is 6.46. The van der Waals surface area contributed by atoms with Crippen LogP contribution in [0.1, 0.15) is 77.0 Å². The second kappa shape index (κ2) is 6.13. The lowest BCUT2D eigenvalue weighted by Gasteiger charge is -2.33. The maximum Gasteiger partial charge on any atom is 0.0687 e. The SMILES string of the molecule is CNC(CCCC1CCC2(CCCCC2)O1)C1CC1. The summed E-state index contributed by atoms with van der Waals surface area (Å²) >= 11 is 0. The molecule has 2 atom stereocenters. The first-order valence-electron chi connectivity index (χ1n) is 8.66. The first-order chi connectivity index (χ1) is 9.31. The molecule has 2 unspecified atom stereocenters. The van der Waals surface area contributed by atoms with Gasteiger partial charge in [-0.25, -0.2) is 0 Å². The van der Waals surface area contributed by atoms with E-state index >= 15 is 0 Å². The van der Waals surface area contributed by atoms with E-state index in [0.29, 0.717) is 11.7 Å². The van der Waals surface area contributed by atoms with E-state index in [1.54, 1.807) is 0 Å². The fraction of sp³-hybridized carbons (Fsp3) is 1.00. The van der Waals surface area contributed by atoms with Crippen LogP contribution in [0.15, 0.2) is 0 Å². The molecule has 2 nitrogen and oxygen atoms in total. The molecule has 0 aromatic heterocycles. The molecule has 19 heavy (non-hydrogen) atoms. The molecule has 2 saturated carbocycles. The van der Waals surface area contributed by atoms with Crippen molar-refractivity contribution < 1.29 is 4.74 Å². The first kappa shape index (κ1) is 13.9. The molecule has 1 spiro atoms. The highest BCUT2D eigenvalue weighted by Crippen LogP contribution is 2.43. The van der Waals surface area contributed by atoms with Gasteiger partial charge in [0.25, 0.3) is 0 Å². The molecular formula is C17H31NO. The number of ether oxygens (including phenoxy) is 1. The minimum Gasteiger partial charge on any atom is -0.372 e. The maximum atomic E-state index is 6.46. The largest absolute Gasteiger partial charge is 0.372 e. The van der Waals surface area contributed by atoms with Crippen LogP contribution in [0.4, 0.5) is 0 Å². The lowest BCUT2D eigenvalue weighted by atomic mass is 9.83. The number of hydrogen-bond donors (Lipinski definition) is 1. The smallest absolute Gasteiger partial charge is 0.0687 e. The van der Waals surface area contributed by atoms with Gasteiger partial charge in [0, 0.05) is 6.04 Å². The molecule has 110 valence electrons. The average Bonchev–Trinajstić information content (AvgIpc) is 3.20. The highest BCUT2D eigenvalue weighted by molar-refractivity contribution is 4.91. The third-order valence-electron chi connectivity index (χ3n) is 5.71. The van der Waals surface area contributed by atoms with Gasteiger partial charge < -0.3 is 10.1 Å². The molecule has 0 radical (unpaired) electrons. The van der Waals surface area contributed by atoms with Gasteiger partial charge in [-0.2, -0.15) is 0 Å². The number of nitrogens with one attached hydrogen (secondary N) is 1. The van der Waals surface area contributed by atoms with Crippen LogP contribution in [0, 0.1) is 5.92 Å². The van der Waals surface area contributed by atoms with Crippen LogP contribution in [0.5, 0.6) is 0 Å². The Hall–Kier alpha value is -0.0800. The van der Waals surface area contributed by atoms with Crippen LogP contribution in [-0.4, -0.2) is 24.8 Å². The van der Waals surface area contributed by atoms with E-state index < -0.39 is 0 Å². The monoisotopic (exact) mass is 265 g/mol. The van der Waals surface area contributed by atoms with Gasteiger partial charge in [0.1, 0.15) is 0 Å². The summed E-state index contributed by atoms with van der Waals surface area (Å²) in [6.45, 7) is 0. The molecule has 3 rings (SSSR count). The van der Waals surface area contributed by atoms with Gasteiger partial charge in [-0.3, -0.25) is 0 Å². The molecule has 2 heteroatoms. The molecule has 0 aromatic carbocycles. The Bertz CT molecular complexity index is 281. The Balaban J connectivity index is 1.37. The zero-order chi connectivity index (χ0) is 13.1. The first-order valence-corrected chi connectivity index (χ1v) is 8.66. The van der Waals surface area contributed by atoms with Crippen molar-refractivity contribution in [1.29, 1.82) is 0 Å². The Morgan fingerprint density at radius 3 is 2.58 bits per heavy atom. The van der Waals surface area contributed by atoms with Crippen LogP contribution in [0.25, 0.3) is 0 Å². The van der Waals surface area contributed by atoms with Crippen LogP contribution in [-0.2, 0) is 4.74 Å². The lowest BCUT2D eigenvalue weighted by Crippen LogP contribution is -2.32.